The highest BCUT2D eigenvalue weighted by Crippen LogP contribution is 2.46. The molecule has 0 saturated carbocycles. The Bertz CT molecular complexity index is 559. The molecule has 0 aromatic rings. The van der Waals surface area contributed by atoms with Gasteiger partial charge in [0, 0.05) is 26.4 Å². The van der Waals surface area contributed by atoms with Gasteiger partial charge in [-0.2, -0.15) is 8.78 Å². The van der Waals surface area contributed by atoms with Gasteiger partial charge in [0.2, 0.25) is 0 Å². The minimum Gasteiger partial charge on any atom is -0.379 e. The fraction of sp³-hybridized carbons (Fsp3) is 1.00. The zero-order chi connectivity index (χ0) is 27.6. The van der Waals surface area contributed by atoms with E-state index in [1.807, 2.05) is 13.8 Å². The lowest BCUT2D eigenvalue weighted by atomic mass is 9.88. The van der Waals surface area contributed by atoms with Crippen molar-refractivity contribution in [2.75, 3.05) is 44.1 Å². The van der Waals surface area contributed by atoms with E-state index in [1.165, 1.54) is 0 Å². The highest BCUT2D eigenvalue weighted by molar-refractivity contribution is 14.1. The van der Waals surface area contributed by atoms with Crippen LogP contribution in [0.5, 0.6) is 0 Å². The molecule has 1 aliphatic rings. The summed E-state index contributed by atoms with van der Waals surface area (Å²) in [4.78, 5) is 0. The SMILES string of the molecule is CCCCOC[C@H]1O[C@@](OCCCC)(C(F)(F)CI)[C@H](OCCCC)[C@@H](OCCCC)[C@H]1OCCCC. The van der Waals surface area contributed by atoms with E-state index >= 15 is 8.78 Å². The maximum Gasteiger partial charge on any atom is 0.312 e. The molecule has 0 spiro atoms. The summed E-state index contributed by atoms with van der Waals surface area (Å²) in [6.45, 7) is 12.3. The molecule has 6 nitrogen and oxygen atoms in total. The number of halogens is 3. The van der Waals surface area contributed by atoms with Crippen LogP contribution in [0.25, 0.3) is 0 Å². The van der Waals surface area contributed by atoms with Crippen LogP contribution in [0.4, 0.5) is 8.78 Å². The second-order valence-electron chi connectivity index (χ2n) is 9.82. The van der Waals surface area contributed by atoms with Crippen LogP contribution in [0.1, 0.15) is 98.8 Å². The van der Waals surface area contributed by atoms with Crippen molar-refractivity contribution < 1.29 is 37.2 Å². The van der Waals surface area contributed by atoms with Gasteiger partial charge < -0.3 is 28.4 Å². The van der Waals surface area contributed by atoms with Gasteiger partial charge in [-0.1, -0.05) is 89.3 Å². The summed E-state index contributed by atoms with van der Waals surface area (Å²) < 4.78 is 68.9. The Hall–Kier alpha value is 0.350. The van der Waals surface area contributed by atoms with Gasteiger partial charge in [0.1, 0.15) is 24.4 Å². The first-order chi connectivity index (χ1) is 17.9. The zero-order valence-corrected chi connectivity index (χ0v) is 26.1. The Morgan fingerprint density at radius 1 is 0.703 bits per heavy atom. The molecule has 0 aliphatic carbocycles. The minimum absolute atomic E-state index is 0.127. The number of unbranched alkanes of at least 4 members (excludes halogenated alkanes) is 5. The van der Waals surface area contributed by atoms with E-state index < -0.39 is 40.6 Å². The van der Waals surface area contributed by atoms with E-state index in [2.05, 4.69) is 20.8 Å². The van der Waals surface area contributed by atoms with Crippen LogP contribution in [0, 0.1) is 0 Å². The molecule has 1 saturated heterocycles. The summed E-state index contributed by atoms with van der Waals surface area (Å²) in [5, 5.41) is 0. The van der Waals surface area contributed by atoms with Crippen molar-refractivity contribution in [1.29, 1.82) is 0 Å². The van der Waals surface area contributed by atoms with Gasteiger partial charge in [-0.3, -0.25) is 0 Å². The lowest BCUT2D eigenvalue weighted by Crippen LogP contribution is -2.74. The molecule has 5 atom stereocenters. The zero-order valence-electron chi connectivity index (χ0n) is 23.9. The van der Waals surface area contributed by atoms with Crippen LogP contribution < -0.4 is 0 Å². The molecule has 0 unspecified atom stereocenters. The Labute approximate surface area is 238 Å². The van der Waals surface area contributed by atoms with Crippen LogP contribution in [0.15, 0.2) is 0 Å². The van der Waals surface area contributed by atoms with Gasteiger partial charge in [-0.05, 0) is 32.1 Å². The number of hydrogen-bond donors (Lipinski definition) is 0. The predicted molar refractivity (Wildman–Crippen MR) is 152 cm³/mol. The summed E-state index contributed by atoms with van der Waals surface area (Å²) in [5.74, 6) is -5.61. The van der Waals surface area contributed by atoms with Gasteiger partial charge >= 0.3 is 5.92 Å². The van der Waals surface area contributed by atoms with Crippen LogP contribution in [-0.2, 0) is 28.4 Å². The molecule has 1 fully saturated rings. The average molecular weight is 651 g/mol. The van der Waals surface area contributed by atoms with E-state index in [9.17, 15) is 0 Å². The second kappa shape index (κ2) is 20.3. The van der Waals surface area contributed by atoms with Crippen molar-refractivity contribution in [3.05, 3.63) is 0 Å². The van der Waals surface area contributed by atoms with Crippen molar-refractivity contribution in [3.63, 3.8) is 0 Å². The maximum absolute atomic E-state index is 16.0. The topological polar surface area (TPSA) is 55.4 Å². The standard InChI is InChI=1S/C28H53F2IO6/c1-6-11-16-32-21-23-24(33-17-12-7-2)25(34-18-13-8-3)26(35-19-14-9-4)28(37-23,27(29,30)22-31)36-20-15-10-5/h23-26H,6-22H2,1-5H3/t23-,24+,25+,26-,28-/m1/s1. The molecule has 1 rings (SSSR count). The molecule has 0 bridgehead atoms. The Morgan fingerprint density at radius 3 is 1.73 bits per heavy atom. The Kier molecular flexibility index (Phi) is 19.4. The normalized spacial score (nSPS) is 26.6. The van der Waals surface area contributed by atoms with E-state index in [0.717, 1.165) is 57.8 Å². The summed E-state index contributed by atoms with van der Waals surface area (Å²) in [6.07, 6.45) is 5.19. The monoisotopic (exact) mass is 650 g/mol. The molecule has 0 amide bonds. The Balaban J connectivity index is 3.54. The molecule has 0 aromatic heterocycles. The highest BCUT2D eigenvalue weighted by atomic mass is 127. The second-order valence-corrected chi connectivity index (χ2v) is 10.6. The van der Waals surface area contributed by atoms with Crippen LogP contribution in [0.3, 0.4) is 0 Å². The van der Waals surface area contributed by atoms with Gasteiger partial charge in [0.15, 0.2) is 0 Å². The quantitative estimate of drug-likeness (QED) is 0.0656. The molecule has 37 heavy (non-hydrogen) atoms. The molecule has 0 aromatic carbocycles. The number of ether oxygens (including phenoxy) is 6. The number of hydrogen-bond acceptors (Lipinski definition) is 6. The van der Waals surface area contributed by atoms with Crippen molar-refractivity contribution in [2.45, 2.75) is 135 Å². The summed E-state index contributed by atoms with van der Waals surface area (Å²) in [7, 11) is 0. The average Bonchev–Trinajstić information content (AvgIpc) is 2.89. The van der Waals surface area contributed by atoms with E-state index in [-0.39, 0.29) is 13.2 Å². The third-order valence-electron chi connectivity index (χ3n) is 6.52. The van der Waals surface area contributed by atoms with Gasteiger partial charge in [-0.25, -0.2) is 0 Å². The van der Waals surface area contributed by atoms with Crippen molar-refractivity contribution in [1.82, 2.24) is 0 Å². The Morgan fingerprint density at radius 2 is 1.19 bits per heavy atom. The molecule has 0 radical (unpaired) electrons. The molecule has 9 heteroatoms. The van der Waals surface area contributed by atoms with E-state index in [4.69, 9.17) is 28.4 Å². The fourth-order valence-electron chi connectivity index (χ4n) is 4.18. The first-order valence-electron chi connectivity index (χ1n) is 14.6. The smallest absolute Gasteiger partial charge is 0.312 e. The highest BCUT2D eigenvalue weighted by Gasteiger charge is 2.69. The van der Waals surface area contributed by atoms with Crippen LogP contribution in [-0.4, -0.2) is 80.2 Å². The molecular weight excluding hydrogens is 597 g/mol. The molecule has 1 heterocycles. The predicted octanol–water partition coefficient (Wildman–Crippen LogP) is 7.34. The number of rotatable bonds is 23. The lowest BCUT2D eigenvalue weighted by Gasteiger charge is -2.54. The van der Waals surface area contributed by atoms with Crippen LogP contribution in [0.2, 0.25) is 0 Å². The maximum atomic E-state index is 16.0. The van der Waals surface area contributed by atoms with E-state index in [0.29, 0.717) is 32.8 Å². The summed E-state index contributed by atoms with van der Waals surface area (Å²) >= 11 is 1.71. The molecular formula is C28H53F2IO6. The van der Waals surface area contributed by atoms with Gasteiger partial charge in [0.25, 0.3) is 5.79 Å². The lowest BCUT2D eigenvalue weighted by molar-refractivity contribution is -0.429. The van der Waals surface area contributed by atoms with Gasteiger partial charge in [0.05, 0.1) is 17.6 Å². The van der Waals surface area contributed by atoms with Crippen LogP contribution >= 0.6 is 22.6 Å². The summed E-state index contributed by atoms with van der Waals surface area (Å²) in [6, 6.07) is 0. The first-order valence-corrected chi connectivity index (χ1v) is 16.1. The van der Waals surface area contributed by atoms with Crippen molar-refractivity contribution >= 4 is 22.6 Å². The third-order valence-corrected chi connectivity index (χ3v) is 7.48. The minimum atomic E-state index is -3.32. The third kappa shape index (κ3) is 11.0. The first kappa shape index (κ1) is 35.4. The summed E-state index contributed by atoms with van der Waals surface area (Å²) in [5.41, 5.74) is 0. The fourth-order valence-corrected chi connectivity index (χ4v) is 4.71. The van der Waals surface area contributed by atoms with Crippen molar-refractivity contribution in [3.8, 4) is 0 Å². The molecule has 0 N–H and O–H groups in total. The molecule has 1 aliphatic heterocycles. The van der Waals surface area contributed by atoms with Crippen molar-refractivity contribution in [2.24, 2.45) is 0 Å². The van der Waals surface area contributed by atoms with E-state index in [1.54, 1.807) is 22.6 Å². The number of alkyl halides is 3. The van der Waals surface area contributed by atoms with Gasteiger partial charge in [-0.15, -0.1) is 0 Å². The largest absolute Gasteiger partial charge is 0.379 e. The molecule has 222 valence electrons.